The van der Waals surface area contributed by atoms with Crippen LogP contribution in [0.3, 0.4) is 0 Å². The smallest absolute Gasteiger partial charge is 0.335 e. The SMILES string of the molecule is CN(c1cccc(C(=O)O)c1)S(=O)(=O)Cc1ccccc1[N+](=O)[O-]. The minimum Gasteiger partial charge on any atom is -0.478 e. The largest absolute Gasteiger partial charge is 0.478 e. The van der Waals surface area contributed by atoms with E-state index in [1.165, 1.54) is 55.6 Å². The highest BCUT2D eigenvalue weighted by atomic mass is 32.2. The number of nitro groups is 1. The second kappa shape index (κ2) is 6.67. The van der Waals surface area contributed by atoms with Gasteiger partial charge in [0.1, 0.15) is 5.75 Å². The van der Waals surface area contributed by atoms with E-state index in [-0.39, 0.29) is 22.5 Å². The lowest BCUT2D eigenvalue weighted by atomic mass is 10.2. The molecular formula is C15H14N2O6S. The lowest BCUT2D eigenvalue weighted by Gasteiger charge is -2.19. The van der Waals surface area contributed by atoms with Gasteiger partial charge in [-0.05, 0) is 18.2 Å². The Morgan fingerprint density at radius 2 is 1.88 bits per heavy atom. The molecule has 0 fully saturated rings. The van der Waals surface area contributed by atoms with E-state index in [2.05, 4.69) is 0 Å². The third kappa shape index (κ3) is 3.69. The number of carboxylic acids is 1. The van der Waals surface area contributed by atoms with Gasteiger partial charge in [0.15, 0.2) is 0 Å². The molecule has 0 amide bonds. The quantitative estimate of drug-likeness (QED) is 0.630. The van der Waals surface area contributed by atoms with Crippen LogP contribution in [0.5, 0.6) is 0 Å². The van der Waals surface area contributed by atoms with Crippen LogP contribution in [-0.4, -0.2) is 31.5 Å². The van der Waals surface area contributed by atoms with Crippen LogP contribution in [0.1, 0.15) is 15.9 Å². The lowest BCUT2D eigenvalue weighted by molar-refractivity contribution is -0.385. The summed E-state index contributed by atoms with van der Waals surface area (Å²) < 4.78 is 25.9. The Balaban J connectivity index is 2.36. The van der Waals surface area contributed by atoms with Gasteiger partial charge in [-0.25, -0.2) is 13.2 Å². The zero-order valence-corrected chi connectivity index (χ0v) is 13.4. The zero-order chi connectivity index (χ0) is 17.9. The van der Waals surface area contributed by atoms with Crippen molar-refractivity contribution in [3.63, 3.8) is 0 Å². The predicted octanol–water partition coefficient (Wildman–Crippen LogP) is 2.26. The molecule has 0 saturated heterocycles. The highest BCUT2D eigenvalue weighted by Crippen LogP contribution is 2.24. The van der Waals surface area contributed by atoms with Crippen molar-refractivity contribution >= 4 is 27.4 Å². The summed E-state index contributed by atoms with van der Waals surface area (Å²) in [5, 5.41) is 20.0. The summed E-state index contributed by atoms with van der Waals surface area (Å²) in [6.45, 7) is 0. The molecule has 2 aromatic carbocycles. The van der Waals surface area contributed by atoms with Crippen LogP contribution in [0.4, 0.5) is 11.4 Å². The van der Waals surface area contributed by atoms with Gasteiger partial charge >= 0.3 is 5.97 Å². The summed E-state index contributed by atoms with van der Waals surface area (Å²) in [6.07, 6.45) is 0. The first-order chi connectivity index (χ1) is 11.2. The van der Waals surface area contributed by atoms with Gasteiger partial charge in [0.05, 0.1) is 16.2 Å². The highest BCUT2D eigenvalue weighted by molar-refractivity contribution is 7.92. The molecule has 0 unspecified atom stereocenters. The maximum absolute atomic E-state index is 12.5. The number of rotatable bonds is 6. The topological polar surface area (TPSA) is 118 Å². The Bertz CT molecular complexity index is 894. The van der Waals surface area contributed by atoms with E-state index in [4.69, 9.17) is 5.11 Å². The summed E-state index contributed by atoms with van der Waals surface area (Å²) in [4.78, 5) is 21.3. The summed E-state index contributed by atoms with van der Waals surface area (Å²) in [6, 6.07) is 11.0. The van der Waals surface area contributed by atoms with Gasteiger partial charge in [0.2, 0.25) is 10.0 Å². The Morgan fingerprint density at radius 1 is 1.21 bits per heavy atom. The fraction of sp³-hybridized carbons (Fsp3) is 0.133. The molecule has 0 aliphatic heterocycles. The van der Waals surface area contributed by atoms with E-state index in [1.807, 2.05) is 0 Å². The molecule has 0 atom stereocenters. The van der Waals surface area contributed by atoms with Gasteiger partial charge in [-0.15, -0.1) is 0 Å². The molecule has 0 heterocycles. The van der Waals surface area contributed by atoms with Gasteiger partial charge in [0, 0.05) is 18.7 Å². The van der Waals surface area contributed by atoms with E-state index in [1.54, 1.807) is 0 Å². The van der Waals surface area contributed by atoms with Crippen LogP contribution in [0.15, 0.2) is 48.5 Å². The van der Waals surface area contributed by atoms with Crippen molar-refractivity contribution in [1.29, 1.82) is 0 Å². The molecule has 9 heteroatoms. The number of hydrogen-bond acceptors (Lipinski definition) is 5. The van der Waals surface area contributed by atoms with Crippen molar-refractivity contribution in [2.75, 3.05) is 11.4 Å². The van der Waals surface area contributed by atoms with Crippen molar-refractivity contribution in [3.05, 3.63) is 69.8 Å². The molecule has 2 rings (SSSR count). The number of hydrogen-bond donors (Lipinski definition) is 1. The number of benzene rings is 2. The highest BCUT2D eigenvalue weighted by Gasteiger charge is 2.24. The molecule has 0 saturated carbocycles. The second-order valence-electron chi connectivity index (χ2n) is 4.97. The van der Waals surface area contributed by atoms with E-state index < -0.39 is 26.7 Å². The molecule has 0 spiro atoms. The molecule has 0 radical (unpaired) electrons. The van der Waals surface area contributed by atoms with Crippen molar-refractivity contribution < 1.29 is 23.2 Å². The maximum Gasteiger partial charge on any atom is 0.335 e. The standard InChI is InChI=1S/C15H14N2O6S/c1-16(13-7-4-6-11(9-13)15(18)19)24(22,23)10-12-5-2-3-8-14(12)17(20)21/h2-9H,10H2,1H3,(H,18,19). The fourth-order valence-corrected chi connectivity index (χ4v) is 3.37. The van der Waals surface area contributed by atoms with Crippen molar-refractivity contribution in [2.45, 2.75) is 5.75 Å². The van der Waals surface area contributed by atoms with Crippen molar-refractivity contribution in [2.24, 2.45) is 0 Å². The Morgan fingerprint density at radius 3 is 2.50 bits per heavy atom. The first-order valence-electron chi connectivity index (χ1n) is 6.74. The van der Waals surface area contributed by atoms with Gasteiger partial charge in [0.25, 0.3) is 5.69 Å². The molecule has 0 bridgehead atoms. The van der Waals surface area contributed by atoms with Gasteiger partial charge < -0.3 is 5.11 Å². The molecule has 2 aromatic rings. The van der Waals surface area contributed by atoms with Crippen LogP contribution >= 0.6 is 0 Å². The van der Waals surface area contributed by atoms with Crippen LogP contribution in [0.2, 0.25) is 0 Å². The average Bonchev–Trinajstić information content (AvgIpc) is 2.54. The normalized spacial score (nSPS) is 11.0. The van der Waals surface area contributed by atoms with Gasteiger partial charge in [-0.3, -0.25) is 14.4 Å². The zero-order valence-electron chi connectivity index (χ0n) is 12.6. The molecular weight excluding hydrogens is 336 g/mol. The van der Waals surface area contributed by atoms with E-state index in [0.717, 1.165) is 4.31 Å². The van der Waals surface area contributed by atoms with E-state index in [9.17, 15) is 23.3 Å². The lowest BCUT2D eigenvalue weighted by Crippen LogP contribution is -2.28. The first-order valence-corrected chi connectivity index (χ1v) is 8.35. The molecule has 1 N–H and O–H groups in total. The van der Waals surface area contributed by atoms with Crippen molar-refractivity contribution in [3.8, 4) is 0 Å². The monoisotopic (exact) mass is 350 g/mol. The first kappa shape index (κ1) is 17.4. The number of carboxylic acid groups (broad SMARTS) is 1. The van der Waals surface area contributed by atoms with Crippen LogP contribution in [0, 0.1) is 10.1 Å². The van der Waals surface area contributed by atoms with Crippen LogP contribution < -0.4 is 4.31 Å². The van der Waals surface area contributed by atoms with Crippen LogP contribution in [-0.2, 0) is 15.8 Å². The summed E-state index contributed by atoms with van der Waals surface area (Å²) >= 11 is 0. The summed E-state index contributed by atoms with van der Waals surface area (Å²) in [7, 11) is -2.66. The average molecular weight is 350 g/mol. The number of para-hydroxylation sites is 1. The minimum atomic E-state index is -3.93. The summed E-state index contributed by atoms with van der Waals surface area (Å²) in [5.74, 6) is -1.75. The number of nitrogens with zero attached hydrogens (tertiary/aromatic N) is 2. The second-order valence-corrected chi connectivity index (χ2v) is 6.97. The number of anilines is 1. The maximum atomic E-state index is 12.5. The van der Waals surface area contributed by atoms with Crippen LogP contribution in [0.25, 0.3) is 0 Å². The molecule has 0 aromatic heterocycles. The Labute approximate surface area is 138 Å². The number of nitro benzene ring substituents is 1. The molecule has 24 heavy (non-hydrogen) atoms. The van der Waals surface area contributed by atoms with Gasteiger partial charge in [-0.2, -0.15) is 0 Å². The third-order valence-electron chi connectivity index (χ3n) is 3.40. The predicted molar refractivity (Wildman–Crippen MR) is 87.5 cm³/mol. The van der Waals surface area contributed by atoms with Gasteiger partial charge in [-0.1, -0.05) is 24.3 Å². The Hall–Kier alpha value is -2.94. The summed E-state index contributed by atoms with van der Waals surface area (Å²) in [5.41, 5.74) is -0.119. The molecule has 0 aliphatic carbocycles. The number of sulfonamides is 1. The van der Waals surface area contributed by atoms with E-state index in [0.29, 0.717) is 0 Å². The third-order valence-corrected chi connectivity index (χ3v) is 5.12. The van der Waals surface area contributed by atoms with Crippen molar-refractivity contribution in [1.82, 2.24) is 0 Å². The molecule has 126 valence electrons. The fourth-order valence-electron chi connectivity index (χ4n) is 2.10. The molecule has 0 aliphatic rings. The number of aromatic carboxylic acids is 1. The number of carbonyl (C=O) groups is 1. The minimum absolute atomic E-state index is 0.0553. The molecule has 8 nitrogen and oxygen atoms in total. The van der Waals surface area contributed by atoms with E-state index >= 15 is 0 Å². The Kier molecular flexibility index (Phi) is 4.84.